The number of hydrogen-bond donors (Lipinski definition) is 0. The summed E-state index contributed by atoms with van der Waals surface area (Å²) in [6.45, 7) is 1.86. The van der Waals surface area contributed by atoms with Crippen LogP contribution in [0.3, 0.4) is 0 Å². The zero-order valence-corrected chi connectivity index (χ0v) is 22.2. The molecule has 0 N–H and O–H groups in total. The monoisotopic (exact) mass is 588 g/mol. The first-order valence-electron chi connectivity index (χ1n) is 12.0. The summed E-state index contributed by atoms with van der Waals surface area (Å²) >= 11 is 2.38. The molecule has 35 heavy (non-hydrogen) atoms. The van der Waals surface area contributed by atoms with E-state index in [9.17, 15) is 0 Å². The van der Waals surface area contributed by atoms with Crippen molar-refractivity contribution < 1.29 is 23.7 Å². The molecular formula is C29H33IO5. The van der Waals surface area contributed by atoms with Crippen LogP contribution in [-0.2, 0) is 43.5 Å². The summed E-state index contributed by atoms with van der Waals surface area (Å²) in [6.07, 6.45) is -1.23. The summed E-state index contributed by atoms with van der Waals surface area (Å²) in [6, 6.07) is 30.6. The predicted octanol–water partition coefficient (Wildman–Crippen LogP) is 5.80. The van der Waals surface area contributed by atoms with Crippen molar-refractivity contribution in [2.75, 3.05) is 18.1 Å². The van der Waals surface area contributed by atoms with Gasteiger partial charge in [-0.15, -0.1) is 0 Å². The number of halogens is 1. The van der Waals surface area contributed by atoms with Crippen molar-refractivity contribution in [3.8, 4) is 0 Å². The molecule has 1 aliphatic rings. The van der Waals surface area contributed by atoms with Crippen LogP contribution in [0.4, 0.5) is 0 Å². The molecule has 0 aliphatic carbocycles. The van der Waals surface area contributed by atoms with E-state index in [0.29, 0.717) is 26.4 Å². The van der Waals surface area contributed by atoms with Gasteiger partial charge < -0.3 is 23.7 Å². The Morgan fingerprint density at radius 1 is 0.686 bits per heavy atom. The molecule has 3 aromatic rings. The van der Waals surface area contributed by atoms with Crippen LogP contribution in [0.5, 0.6) is 0 Å². The zero-order chi connectivity index (χ0) is 24.3. The lowest BCUT2D eigenvalue weighted by atomic mass is 9.91. The molecule has 1 heterocycles. The fraction of sp³-hybridized carbons (Fsp3) is 0.379. The first-order valence-corrected chi connectivity index (χ1v) is 13.5. The maximum atomic E-state index is 6.56. The van der Waals surface area contributed by atoms with Gasteiger partial charge in [-0.05, 0) is 16.7 Å². The number of ether oxygens (including phenoxy) is 5. The number of alkyl halides is 1. The Morgan fingerprint density at radius 3 is 1.66 bits per heavy atom. The van der Waals surface area contributed by atoms with Gasteiger partial charge >= 0.3 is 0 Å². The van der Waals surface area contributed by atoms with Gasteiger partial charge in [-0.2, -0.15) is 0 Å². The Bertz CT molecular complexity index is 972. The molecule has 186 valence electrons. The summed E-state index contributed by atoms with van der Waals surface area (Å²) in [4.78, 5) is 0. The number of hydrogen-bond acceptors (Lipinski definition) is 5. The van der Waals surface area contributed by atoms with Crippen molar-refractivity contribution in [2.45, 2.75) is 44.4 Å². The summed E-state index contributed by atoms with van der Waals surface area (Å²) in [7, 11) is 1.69. The van der Waals surface area contributed by atoms with Crippen LogP contribution in [0.25, 0.3) is 0 Å². The van der Waals surface area contributed by atoms with Gasteiger partial charge in [0.2, 0.25) is 0 Å². The molecular weight excluding hydrogens is 555 g/mol. The van der Waals surface area contributed by atoms with Crippen LogP contribution < -0.4 is 0 Å². The second kappa shape index (κ2) is 14.1. The average molecular weight is 588 g/mol. The van der Waals surface area contributed by atoms with Gasteiger partial charge in [-0.25, -0.2) is 0 Å². The van der Waals surface area contributed by atoms with Crippen LogP contribution in [0.2, 0.25) is 0 Å². The van der Waals surface area contributed by atoms with Gasteiger partial charge in [0.1, 0.15) is 12.2 Å². The Hall–Kier alpha value is -1.81. The topological polar surface area (TPSA) is 46.2 Å². The van der Waals surface area contributed by atoms with E-state index in [2.05, 4.69) is 59.0 Å². The van der Waals surface area contributed by atoms with Gasteiger partial charge in [0, 0.05) is 17.5 Å². The number of benzene rings is 3. The van der Waals surface area contributed by atoms with Crippen molar-refractivity contribution in [3.63, 3.8) is 0 Å². The quantitative estimate of drug-likeness (QED) is 0.198. The number of methoxy groups -OCH3 is 1. The third-order valence-electron chi connectivity index (χ3n) is 6.15. The van der Waals surface area contributed by atoms with Crippen molar-refractivity contribution in [2.24, 2.45) is 5.92 Å². The predicted molar refractivity (Wildman–Crippen MR) is 144 cm³/mol. The van der Waals surface area contributed by atoms with Crippen molar-refractivity contribution in [1.29, 1.82) is 0 Å². The highest BCUT2D eigenvalue weighted by Gasteiger charge is 2.47. The fourth-order valence-corrected chi connectivity index (χ4v) is 5.22. The zero-order valence-electron chi connectivity index (χ0n) is 20.0. The SMILES string of the molecule is COC1O[C@H](COCc2ccccc2)[C@H](OCc2ccccc2)[C@H](OCc2ccccc2)[C@H]1CI. The van der Waals surface area contributed by atoms with Crippen LogP contribution in [0.15, 0.2) is 91.0 Å². The first-order chi connectivity index (χ1) is 17.3. The Kier molecular flexibility index (Phi) is 10.6. The molecule has 0 bridgehead atoms. The molecule has 3 aromatic carbocycles. The van der Waals surface area contributed by atoms with Crippen molar-refractivity contribution in [3.05, 3.63) is 108 Å². The number of rotatable bonds is 12. The minimum absolute atomic E-state index is 0.0236. The maximum absolute atomic E-state index is 6.56. The van der Waals surface area contributed by atoms with E-state index in [0.717, 1.165) is 21.1 Å². The first kappa shape index (κ1) is 26.3. The molecule has 0 spiro atoms. The van der Waals surface area contributed by atoms with Crippen LogP contribution in [0, 0.1) is 5.92 Å². The lowest BCUT2D eigenvalue weighted by Crippen LogP contribution is -2.58. The molecule has 5 nitrogen and oxygen atoms in total. The third kappa shape index (κ3) is 7.59. The second-order valence-corrected chi connectivity index (χ2v) is 9.50. The van der Waals surface area contributed by atoms with E-state index in [1.165, 1.54) is 0 Å². The van der Waals surface area contributed by atoms with E-state index in [-0.39, 0.29) is 24.2 Å². The minimum atomic E-state index is -0.394. The smallest absolute Gasteiger partial charge is 0.163 e. The summed E-state index contributed by atoms with van der Waals surface area (Å²) in [5.74, 6) is 0.0236. The average Bonchev–Trinajstić information content (AvgIpc) is 2.92. The van der Waals surface area contributed by atoms with E-state index >= 15 is 0 Å². The lowest BCUT2D eigenvalue weighted by molar-refractivity contribution is -0.294. The molecule has 1 saturated heterocycles. The van der Waals surface area contributed by atoms with Gasteiger partial charge in [0.05, 0.1) is 32.5 Å². The molecule has 6 heteroatoms. The summed E-state index contributed by atoms with van der Waals surface area (Å²) in [5.41, 5.74) is 3.35. The molecule has 0 amide bonds. The molecule has 5 atom stereocenters. The Labute approximate surface area is 221 Å². The highest BCUT2D eigenvalue weighted by Crippen LogP contribution is 2.34. The van der Waals surface area contributed by atoms with Crippen molar-refractivity contribution in [1.82, 2.24) is 0 Å². The second-order valence-electron chi connectivity index (χ2n) is 8.62. The van der Waals surface area contributed by atoms with E-state index in [1.807, 2.05) is 54.6 Å². The third-order valence-corrected chi connectivity index (χ3v) is 7.16. The Balaban J connectivity index is 1.51. The van der Waals surface area contributed by atoms with Gasteiger partial charge in [0.25, 0.3) is 0 Å². The van der Waals surface area contributed by atoms with E-state index < -0.39 is 6.29 Å². The van der Waals surface area contributed by atoms with E-state index in [4.69, 9.17) is 23.7 Å². The molecule has 1 unspecified atom stereocenters. The maximum Gasteiger partial charge on any atom is 0.163 e. The lowest BCUT2D eigenvalue weighted by Gasteiger charge is -2.45. The van der Waals surface area contributed by atoms with Crippen molar-refractivity contribution >= 4 is 22.6 Å². The molecule has 0 aromatic heterocycles. The molecule has 1 fully saturated rings. The largest absolute Gasteiger partial charge is 0.374 e. The molecule has 0 radical (unpaired) electrons. The van der Waals surface area contributed by atoms with E-state index in [1.54, 1.807) is 7.11 Å². The molecule has 1 aliphatic heterocycles. The highest BCUT2D eigenvalue weighted by atomic mass is 127. The van der Waals surface area contributed by atoms with Crippen LogP contribution >= 0.6 is 22.6 Å². The molecule has 4 rings (SSSR count). The van der Waals surface area contributed by atoms with Gasteiger partial charge in [-0.3, -0.25) is 0 Å². The standard InChI is InChI=1S/C29H33IO5/c1-31-29-25(17-30)27(33-19-23-13-7-3-8-14-23)28(34-20-24-15-9-4-10-16-24)26(35-29)21-32-18-22-11-5-2-6-12-22/h2-16,25-29H,17-21H2,1H3/t25-,26-,27-,28+,29?/m1/s1. The van der Waals surface area contributed by atoms with Gasteiger partial charge in [0.15, 0.2) is 6.29 Å². The van der Waals surface area contributed by atoms with Gasteiger partial charge in [-0.1, -0.05) is 114 Å². The van der Waals surface area contributed by atoms with Crippen LogP contribution in [0.1, 0.15) is 16.7 Å². The highest BCUT2D eigenvalue weighted by molar-refractivity contribution is 14.1. The summed E-state index contributed by atoms with van der Waals surface area (Å²) in [5, 5.41) is 0. The van der Waals surface area contributed by atoms with Crippen LogP contribution in [-0.4, -0.2) is 42.7 Å². The Morgan fingerprint density at radius 2 is 1.17 bits per heavy atom. The fourth-order valence-electron chi connectivity index (χ4n) is 4.31. The normalized spacial score (nSPS) is 24.3. The molecule has 0 saturated carbocycles. The summed E-state index contributed by atoms with van der Waals surface area (Å²) < 4.78 is 32.2. The minimum Gasteiger partial charge on any atom is -0.374 e.